The van der Waals surface area contributed by atoms with Crippen molar-refractivity contribution in [2.45, 2.75) is 25.5 Å². The SMILES string of the molecule is CCC(N)C(Oc1ccc(Cl)c(F)c1)c1ccc(Br)s1. The molecule has 6 heteroatoms. The zero-order chi connectivity index (χ0) is 14.7. The van der Waals surface area contributed by atoms with Crippen LogP contribution in [0, 0.1) is 5.82 Å². The van der Waals surface area contributed by atoms with E-state index in [0.717, 1.165) is 15.1 Å². The van der Waals surface area contributed by atoms with Crippen LogP contribution >= 0.6 is 38.9 Å². The number of halogens is 3. The van der Waals surface area contributed by atoms with Crippen molar-refractivity contribution in [3.63, 3.8) is 0 Å². The Morgan fingerprint density at radius 3 is 2.70 bits per heavy atom. The standard InChI is InChI=1S/C14H14BrClFNOS/c1-2-11(18)14(12-5-6-13(15)20-12)19-8-3-4-9(16)10(17)7-8/h3-7,11,14H,2,18H2,1H3. The fourth-order valence-electron chi connectivity index (χ4n) is 1.75. The lowest BCUT2D eigenvalue weighted by Crippen LogP contribution is -2.30. The van der Waals surface area contributed by atoms with Crippen LogP contribution in [0.5, 0.6) is 5.75 Å². The van der Waals surface area contributed by atoms with Gasteiger partial charge in [-0.15, -0.1) is 11.3 Å². The first-order chi connectivity index (χ1) is 9.51. The van der Waals surface area contributed by atoms with Crippen LogP contribution in [0.2, 0.25) is 5.02 Å². The van der Waals surface area contributed by atoms with E-state index in [0.29, 0.717) is 5.75 Å². The summed E-state index contributed by atoms with van der Waals surface area (Å²) in [6.45, 7) is 1.99. The highest BCUT2D eigenvalue weighted by molar-refractivity contribution is 9.11. The van der Waals surface area contributed by atoms with E-state index >= 15 is 0 Å². The van der Waals surface area contributed by atoms with E-state index in [1.54, 1.807) is 17.4 Å². The van der Waals surface area contributed by atoms with Crippen LogP contribution in [0.25, 0.3) is 0 Å². The molecule has 108 valence electrons. The molecule has 0 spiro atoms. The third kappa shape index (κ3) is 3.73. The van der Waals surface area contributed by atoms with E-state index in [4.69, 9.17) is 22.1 Å². The maximum Gasteiger partial charge on any atom is 0.148 e. The van der Waals surface area contributed by atoms with E-state index in [1.165, 1.54) is 12.1 Å². The zero-order valence-corrected chi connectivity index (χ0v) is 13.9. The lowest BCUT2D eigenvalue weighted by Gasteiger charge is -2.23. The first-order valence-electron chi connectivity index (χ1n) is 6.13. The monoisotopic (exact) mass is 377 g/mol. The molecular formula is C14H14BrClFNOS. The van der Waals surface area contributed by atoms with E-state index in [9.17, 15) is 4.39 Å². The predicted molar refractivity (Wildman–Crippen MR) is 85.1 cm³/mol. The lowest BCUT2D eigenvalue weighted by atomic mass is 10.1. The molecular weight excluding hydrogens is 365 g/mol. The lowest BCUT2D eigenvalue weighted by molar-refractivity contribution is 0.174. The molecule has 1 aromatic carbocycles. The Kier molecular flexibility index (Phi) is 5.43. The second-order valence-corrected chi connectivity index (χ2v) is 7.23. The average molecular weight is 379 g/mol. The maximum atomic E-state index is 13.5. The summed E-state index contributed by atoms with van der Waals surface area (Å²) in [5.41, 5.74) is 6.12. The van der Waals surface area contributed by atoms with Crippen LogP contribution in [0.3, 0.4) is 0 Å². The Morgan fingerprint density at radius 2 is 2.15 bits per heavy atom. The maximum absolute atomic E-state index is 13.5. The number of hydrogen-bond acceptors (Lipinski definition) is 3. The molecule has 0 bridgehead atoms. The number of hydrogen-bond donors (Lipinski definition) is 1. The molecule has 20 heavy (non-hydrogen) atoms. The predicted octanol–water partition coefficient (Wildman–Crippen LogP) is 5.16. The van der Waals surface area contributed by atoms with Crippen molar-refractivity contribution in [2.24, 2.45) is 5.73 Å². The minimum Gasteiger partial charge on any atom is -0.483 e. The highest BCUT2D eigenvalue weighted by Crippen LogP contribution is 2.33. The van der Waals surface area contributed by atoms with Gasteiger partial charge in [-0.25, -0.2) is 4.39 Å². The highest BCUT2D eigenvalue weighted by Gasteiger charge is 2.22. The van der Waals surface area contributed by atoms with Gasteiger partial charge in [0, 0.05) is 17.0 Å². The fourth-order valence-corrected chi connectivity index (χ4v) is 3.40. The molecule has 2 N–H and O–H groups in total. The number of rotatable bonds is 5. The molecule has 0 amide bonds. The quantitative estimate of drug-likeness (QED) is 0.780. The van der Waals surface area contributed by atoms with Gasteiger partial charge in [-0.1, -0.05) is 18.5 Å². The van der Waals surface area contributed by atoms with Gasteiger partial charge in [-0.2, -0.15) is 0 Å². The summed E-state index contributed by atoms with van der Waals surface area (Å²) in [5, 5.41) is 0.0764. The van der Waals surface area contributed by atoms with Crippen molar-refractivity contribution >= 4 is 38.9 Å². The van der Waals surface area contributed by atoms with E-state index < -0.39 is 5.82 Å². The third-order valence-corrected chi connectivity index (χ3v) is 4.88. The molecule has 2 nitrogen and oxygen atoms in total. The summed E-state index contributed by atoms with van der Waals surface area (Å²) in [4.78, 5) is 1.00. The van der Waals surface area contributed by atoms with Crippen molar-refractivity contribution in [3.05, 3.63) is 49.8 Å². The second-order valence-electron chi connectivity index (χ2n) is 4.33. The van der Waals surface area contributed by atoms with Crippen molar-refractivity contribution in [1.29, 1.82) is 0 Å². The van der Waals surface area contributed by atoms with Gasteiger partial charge in [0.25, 0.3) is 0 Å². The van der Waals surface area contributed by atoms with E-state index in [-0.39, 0.29) is 17.2 Å². The molecule has 0 fully saturated rings. The van der Waals surface area contributed by atoms with Gasteiger partial charge in [0.2, 0.25) is 0 Å². The first kappa shape index (κ1) is 15.8. The van der Waals surface area contributed by atoms with Crippen LogP contribution in [0.15, 0.2) is 34.1 Å². The van der Waals surface area contributed by atoms with Gasteiger partial charge in [0.1, 0.15) is 17.7 Å². The molecule has 2 aromatic rings. The summed E-state index contributed by atoms with van der Waals surface area (Å²) in [6.07, 6.45) is 0.452. The smallest absolute Gasteiger partial charge is 0.148 e. The van der Waals surface area contributed by atoms with Crippen LogP contribution in [-0.4, -0.2) is 6.04 Å². The Hall–Kier alpha value is -0.620. The van der Waals surface area contributed by atoms with Crippen molar-refractivity contribution in [1.82, 2.24) is 0 Å². The van der Waals surface area contributed by atoms with Crippen LogP contribution in [-0.2, 0) is 0 Å². The molecule has 2 atom stereocenters. The highest BCUT2D eigenvalue weighted by atomic mass is 79.9. The number of thiophene rings is 1. The van der Waals surface area contributed by atoms with Crippen molar-refractivity contribution < 1.29 is 9.13 Å². The molecule has 0 aliphatic carbocycles. The van der Waals surface area contributed by atoms with Crippen molar-refractivity contribution in [2.75, 3.05) is 0 Å². The molecule has 0 saturated carbocycles. The summed E-state index contributed by atoms with van der Waals surface area (Å²) in [5.74, 6) is -0.0781. The van der Waals surface area contributed by atoms with E-state index in [2.05, 4.69) is 15.9 Å². The molecule has 0 aliphatic heterocycles. The number of benzene rings is 1. The Balaban J connectivity index is 2.25. The van der Waals surface area contributed by atoms with Gasteiger partial charge in [-0.05, 0) is 46.6 Å². The zero-order valence-electron chi connectivity index (χ0n) is 10.8. The average Bonchev–Trinajstić information content (AvgIpc) is 2.85. The van der Waals surface area contributed by atoms with Gasteiger partial charge >= 0.3 is 0 Å². The normalized spacial score (nSPS) is 14.1. The van der Waals surface area contributed by atoms with Crippen LogP contribution in [0.1, 0.15) is 24.3 Å². The van der Waals surface area contributed by atoms with Crippen molar-refractivity contribution in [3.8, 4) is 5.75 Å². The number of ether oxygens (including phenoxy) is 1. The van der Waals surface area contributed by atoms with Gasteiger partial charge in [0.15, 0.2) is 0 Å². The van der Waals surface area contributed by atoms with E-state index in [1.807, 2.05) is 19.1 Å². The third-order valence-electron chi connectivity index (χ3n) is 2.89. The minimum absolute atomic E-state index is 0.0764. The summed E-state index contributed by atoms with van der Waals surface area (Å²) in [7, 11) is 0. The first-order valence-corrected chi connectivity index (χ1v) is 8.12. The molecule has 2 unspecified atom stereocenters. The topological polar surface area (TPSA) is 35.2 Å². The van der Waals surface area contributed by atoms with Gasteiger partial charge in [0.05, 0.1) is 8.81 Å². The Labute approximate surface area is 134 Å². The minimum atomic E-state index is -0.500. The molecule has 1 aromatic heterocycles. The molecule has 1 heterocycles. The Bertz CT molecular complexity index is 592. The van der Waals surface area contributed by atoms with Crippen LogP contribution < -0.4 is 10.5 Å². The largest absolute Gasteiger partial charge is 0.483 e. The molecule has 2 rings (SSSR count). The second kappa shape index (κ2) is 6.89. The summed E-state index contributed by atoms with van der Waals surface area (Å²) >= 11 is 10.6. The number of nitrogens with two attached hydrogens (primary N) is 1. The van der Waals surface area contributed by atoms with Gasteiger partial charge in [-0.3, -0.25) is 0 Å². The molecule has 0 radical (unpaired) electrons. The fraction of sp³-hybridized carbons (Fsp3) is 0.286. The summed E-state index contributed by atoms with van der Waals surface area (Å²) in [6, 6.07) is 8.14. The molecule has 0 aliphatic rings. The van der Waals surface area contributed by atoms with Gasteiger partial charge < -0.3 is 10.5 Å². The Morgan fingerprint density at radius 1 is 1.40 bits per heavy atom. The summed E-state index contributed by atoms with van der Waals surface area (Å²) < 4.78 is 20.3. The van der Waals surface area contributed by atoms with Crippen LogP contribution in [0.4, 0.5) is 4.39 Å². The molecule has 0 saturated heterocycles.